The van der Waals surface area contributed by atoms with E-state index in [-0.39, 0.29) is 0 Å². The minimum atomic E-state index is 0.670. The molecule has 0 spiro atoms. The first-order valence-electron chi connectivity index (χ1n) is 22.2. The van der Waals surface area contributed by atoms with E-state index in [9.17, 15) is 0 Å². The summed E-state index contributed by atoms with van der Waals surface area (Å²) >= 11 is 1.83. The van der Waals surface area contributed by atoms with Crippen LogP contribution in [0.1, 0.15) is 0 Å². The third-order valence-electron chi connectivity index (χ3n) is 12.6. The number of aromatic nitrogens is 1. The molecule has 0 aliphatic carbocycles. The molecule has 0 radical (unpaired) electrons. The molecule has 0 bridgehead atoms. The molecule has 10 aromatic carbocycles. The first-order valence-corrected chi connectivity index (χ1v) is 23.0. The number of ether oxygens (including phenoxy) is 2. The fourth-order valence-electron chi connectivity index (χ4n) is 9.59. The van der Waals surface area contributed by atoms with Crippen molar-refractivity contribution >= 4 is 87.4 Å². The maximum absolute atomic E-state index is 6.52. The van der Waals surface area contributed by atoms with E-state index in [2.05, 4.69) is 221 Å². The number of anilines is 6. The lowest BCUT2D eigenvalue weighted by molar-refractivity contribution is 0.360. The number of hydrogen-bond donors (Lipinski definition) is 0. The maximum atomic E-state index is 6.52. The molecule has 0 saturated carbocycles. The normalized spacial score (nSPS) is 11.9. The highest BCUT2D eigenvalue weighted by molar-refractivity contribution is 7.26. The van der Waals surface area contributed by atoms with Gasteiger partial charge in [-0.3, -0.25) is 0 Å². The van der Waals surface area contributed by atoms with Crippen molar-refractivity contribution in [2.24, 2.45) is 0 Å². The zero-order valence-corrected chi connectivity index (χ0v) is 36.4. The Morgan fingerprint density at radius 1 is 0.333 bits per heavy atom. The molecule has 12 aromatic rings. The van der Waals surface area contributed by atoms with Crippen LogP contribution in [-0.4, -0.2) is 4.57 Å². The summed E-state index contributed by atoms with van der Waals surface area (Å²) in [5.74, 6) is 2.76. The molecule has 0 atom stereocenters. The molecule has 13 rings (SSSR count). The molecule has 3 heterocycles. The van der Waals surface area contributed by atoms with Crippen molar-refractivity contribution in [3.05, 3.63) is 237 Å². The van der Waals surface area contributed by atoms with Gasteiger partial charge in [-0.25, -0.2) is 0 Å². The number of nitrogens with zero attached hydrogens (tertiary/aromatic N) is 3. The third-order valence-corrected chi connectivity index (χ3v) is 13.8. The monoisotopic (exact) mass is 865 g/mol. The zero-order valence-electron chi connectivity index (χ0n) is 35.6. The molecule has 2 aromatic heterocycles. The Balaban J connectivity index is 1.03. The summed E-state index contributed by atoms with van der Waals surface area (Å²) in [6.07, 6.45) is 0. The van der Waals surface area contributed by atoms with Gasteiger partial charge in [0, 0.05) is 60.7 Å². The van der Waals surface area contributed by atoms with Crippen LogP contribution in [0.2, 0.25) is 0 Å². The summed E-state index contributed by atoms with van der Waals surface area (Å²) in [7, 11) is 0. The second kappa shape index (κ2) is 15.6. The van der Waals surface area contributed by atoms with Crippen LogP contribution < -0.4 is 19.3 Å². The van der Waals surface area contributed by atoms with Crippen LogP contribution in [0, 0.1) is 0 Å². The van der Waals surface area contributed by atoms with E-state index in [0.29, 0.717) is 23.0 Å². The van der Waals surface area contributed by atoms with Crippen molar-refractivity contribution in [2.45, 2.75) is 0 Å². The van der Waals surface area contributed by atoms with Gasteiger partial charge in [0.1, 0.15) is 0 Å². The Kier molecular flexibility index (Phi) is 8.96. The molecule has 66 heavy (non-hydrogen) atoms. The number of para-hydroxylation sites is 7. The second-order valence-electron chi connectivity index (χ2n) is 16.5. The summed E-state index contributed by atoms with van der Waals surface area (Å²) < 4.78 is 17.7. The van der Waals surface area contributed by atoms with Crippen molar-refractivity contribution in [1.82, 2.24) is 4.57 Å². The van der Waals surface area contributed by atoms with Crippen LogP contribution in [0.25, 0.3) is 58.8 Å². The number of rotatable bonds is 8. The van der Waals surface area contributed by atoms with Crippen LogP contribution in [-0.2, 0) is 0 Å². The molecule has 1 aliphatic heterocycles. The minimum absolute atomic E-state index is 0.670. The van der Waals surface area contributed by atoms with E-state index >= 15 is 0 Å². The van der Waals surface area contributed by atoms with Crippen molar-refractivity contribution in [3.63, 3.8) is 0 Å². The zero-order chi connectivity index (χ0) is 43.6. The summed E-state index contributed by atoms with van der Waals surface area (Å²) in [5.41, 5.74) is 12.1. The van der Waals surface area contributed by atoms with E-state index in [4.69, 9.17) is 9.47 Å². The average Bonchev–Trinajstić information content (AvgIpc) is 3.92. The Morgan fingerprint density at radius 3 is 1.48 bits per heavy atom. The van der Waals surface area contributed by atoms with Crippen LogP contribution in [0.3, 0.4) is 0 Å². The number of hydrogen-bond acceptors (Lipinski definition) is 5. The van der Waals surface area contributed by atoms with E-state index in [0.717, 1.165) is 50.9 Å². The van der Waals surface area contributed by atoms with Gasteiger partial charge in [0.25, 0.3) is 0 Å². The van der Waals surface area contributed by atoms with Gasteiger partial charge in [-0.2, -0.15) is 0 Å². The SMILES string of the molecule is c1ccc(N(c2ccccc2)c2ccc(-c3cc(N(c4ccccc4)c4ccc5c(c4)Oc4ccccc4O5)c4sc5ccc(-n6c7ccccc7c7ccccc76)cc5c4c3)cc2)cc1. The lowest BCUT2D eigenvalue weighted by Crippen LogP contribution is -2.11. The molecule has 0 fully saturated rings. The summed E-state index contributed by atoms with van der Waals surface area (Å²) in [5, 5.41) is 4.89. The minimum Gasteiger partial charge on any atom is -0.450 e. The van der Waals surface area contributed by atoms with E-state index < -0.39 is 0 Å². The van der Waals surface area contributed by atoms with Crippen molar-refractivity contribution in [1.29, 1.82) is 0 Å². The largest absolute Gasteiger partial charge is 0.450 e. The molecule has 0 saturated heterocycles. The van der Waals surface area contributed by atoms with Crippen molar-refractivity contribution in [2.75, 3.05) is 9.80 Å². The standard InChI is InChI=1S/C60H39N3O2S/c1-4-16-42(17-5-1)61(43-18-6-2-7-19-43)45-30-28-40(29-31-45)41-36-51-50-38-46(63-52-24-12-10-22-48(52)49-23-11-13-25-53(49)63)33-35-59(50)66-60(51)54(37-41)62(44-20-8-3-9-21-44)47-32-34-57-58(39-47)65-56-27-15-14-26-55(56)64-57/h1-39H. The molecular formula is C60H39N3O2S. The molecule has 6 heteroatoms. The predicted molar refractivity (Wildman–Crippen MR) is 275 cm³/mol. The van der Waals surface area contributed by atoms with E-state index in [1.54, 1.807) is 0 Å². The summed E-state index contributed by atoms with van der Waals surface area (Å²) in [4.78, 5) is 4.67. The average molecular weight is 866 g/mol. The Bertz CT molecular complexity index is 3680. The molecule has 1 aliphatic rings. The maximum Gasteiger partial charge on any atom is 0.172 e. The van der Waals surface area contributed by atoms with Gasteiger partial charge < -0.3 is 23.8 Å². The van der Waals surface area contributed by atoms with Gasteiger partial charge in [0.2, 0.25) is 0 Å². The topological polar surface area (TPSA) is 29.9 Å². The molecule has 312 valence electrons. The molecule has 0 amide bonds. The first kappa shape index (κ1) is 37.9. The fraction of sp³-hybridized carbons (Fsp3) is 0. The summed E-state index contributed by atoms with van der Waals surface area (Å²) in [6, 6.07) is 83.9. The highest BCUT2D eigenvalue weighted by Crippen LogP contribution is 2.51. The predicted octanol–water partition coefficient (Wildman–Crippen LogP) is 17.7. The number of benzene rings is 10. The molecule has 0 N–H and O–H groups in total. The number of fused-ring (bicyclic) bond motifs is 8. The highest BCUT2D eigenvalue weighted by Gasteiger charge is 2.25. The van der Waals surface area contributed by atoms with Crippen LogP contribution >= 0.6 is 11.3 Å². The lowest BCUT2D eigenvalue weighted by atomic mass is 9.99. The Labute approximate surface area is 385 Å². The quantitative estimate of drug-likeness (QED) is 0.152. The summed E-state index contributed by atoms with van der Waals surface area (Å²) in [6.45, 7) is 0. The van der Waals surface area contributed by atoms with Gasteiger partial charge >= 0.3 is 0 Å². The fourth-order valence-corrected chi connectivity index (χ4v) is 10.8. The van der Waals surface area contributed by atoms with Crippen LogP contribution in [0.15, 0.2) is 237 Å². The second-order valence-corrected chi connectivity index (χ2v) is 17.6. The van der Waals surface area contributed by atoms with Gasteiger partial charge in [0.05, 0.1) is 27.1 Å². The lowest BCUT2D eigenvalue weighted by Gasteiger charge is -2.28. The third kappa shape index (κ3) is 6.38. The van der Waals surface area contributed by atoms with Crippen LogP contribution in [0.4, 0.5) is 34.1 Å². The number of thiophene rings is 1. The Morgan fingerprint density at radius 2 is 0.848 bits per heavy atom. The smallest absolute Gasteiger partial charge is 0.172 e. The molecule has 0 unspecified atom stereocenters. The first-order chi connectivity index (χ1) is 32.7. The Hall–Kier alpha value is -8.58. The molecular weight excluding hydrogens is 827 g/mol. The van der Waals surface area contributed by atoms with Crippen molar-refractivity contribution < 1.29 is 9.47 Å². The van der Waals surface area contributed by atoms with Crippen LogP contribution in [0.5, 0.6) is 23.0 Å². The van der Waals surface area contributed by atoms with Gasteiger partial charge in [0.15, 0.2) is 23.0 Å². The van der Waals surface area contributed by atoms with Gasteiger partial charge in [-0.05, 0) is 126 Å². The molecule has 5 nitrogen and oxygen atoms in total. The van der Waals surface area contributed by atoms with Gasteiger partial charge in [-0.1, -0.05) is 115 Å². The van der Waals surface area contributed by atoms with Gasteiger partial charge in [-0.15, -0.1) is 11.3 Å². The van der Waals surface area contributed by atoms with E-state index in [1.807, 2.05) is 41.7 Å². The van der Waals surface area contributed by atoms with E-state index in [1.165, 1.54) is 42.0 Å². The highest BCUT2D eigenvalue weighted by atomic mass is 32.1. The van der Waals surface area contributed by atoms with Crippen molar-refractivity contribution in [3.8, 4) is 39.8 Å².